The first-order valence-corrected chi connectivity index (χ1v) is 13.8. The quantitative estimate of drug-likeness (QED) is 0.224. The van der Waals surface area contributed by atoms with Crippen LogP contribution in [0.2, 0.25) is 0 Å². The van der Waals surface area contributed by atoms with E-state index < -0.39 is 5.97 Å². The lowest BCUT2D eigenvalue weighted by molar-refractivity contribution is -0.141. The molecule has 3 heteroatoms. The average Bonchev–Trinajstić information content (AvgIpc) is 2.89. The summed E-state index contributed by atoms with van der Waals surface area (Å²) in [4.78, 5) is 10.7. The molecule has 1 atom stereocenters. The molecular formula is C33H46O3. The van der Waals surface area contributed by atoms with Crippen LogP contribution in [0.5, 0.6) is 5.75 Å². The number of carboxylic acid groups (broad SMARTS) is 1. The average molecular weight is 491 g/mol. The largest absolute Gasteiger partial charge is 0.494 e. The van der Waals surface area contributed by atoms with E-state index in [1.807, 2.05) is 6.07 Å². The van der Waals surface area contributed by atoms with Crippen molar-refractivity contribution >= 4 is 5.97 Å². The van der Waals surface area contributed by atoms with Gasteiger partial charge in [-0.3, -0.25) is 4.79 Å². The second-order valence-corrected chi connectivity index (χ2v) is 10.00. The number of unbranched alkanes of at least 4 members (excludes halogenated alkanes) is 5. The Labute approximate surface area is 219 Å². The topological polar surface area (TPSA) is 46.5 Å². The molecule has 1 aliphatic rings. The molecule has 2 aromatic rings. The van der Waals surface area contributed by atoms with Gasteiger partial charge in [-0.15, -0.1) is 0 Å². The van der Waals surface area contributed by atoms with Gasteiger partial charge in [0.15, 0.2) is 0 Å². The van der Waals surface area contributed by atoms with E-state index in [-0.39, 0.29) is 5.92 Å². The molecule has 0 saturated carbocycles. The molecule has 1 unspecified atom stereocenters. The van der Waals surface area contributed by atoms with Gasteiger partial charge >= 0.3 is 5.97 Å². The van der Waals surface area contributed by atoms with Gasteiger partial charge in [0.05, 0.1) is 12.5 Å². The van der Waals surface area contributed by atoms with Gasteiger partial charge in [-0.25, -0.2) is 0 Å². The molecule has 0 amide bonds. The number of carboxylic acids is 1. The summed E-state index contributed by atoms with van der Waals surface area (Å²) in [6.45, 7) is 7.30. The van der Waals surface area contributed by atoms with E-state index in [9.17, 15) is 4.79 Å². The zero-order chi connectivity index (χ0) is 26.0. The Balaban J connectivity index is 0.000000269. The third-order valence-corrected chi connectivity index (χ3v) is 6.60. The van der Waals surface area contributed by atoms with E-state index in [0.717, 1.165) is 50.9 Å². The molecule has 0 spiro atoms. The van der Waals surface area contributed by atoms with Crippen LogP contribution in [-0.4, -0.2) is 17.7 Å². The van der Waals surface area contributed by atoms with Gasteiger partial charge in [0.2, 0.25) is 0 Å². The molecule has 0 aliphatic heterocycles. The molecular weight excluding hydrogens is 444 g/mol. The lowest BCUT2D eigenvalue weighted by Gasteiger charge is -2.18. The summed E-state index contributed by atoms with van der Waals surface area (Å²) in [5, 5.41) is 8.83. The van der Waals surface area contributed by atoms with Crippen molar-refractivity contribution in [1.82, 2.24) is 0 Å². The molecule has 1 N–H and O–H groups in total. The molecule has 36 heavy (non-hydrogen) atoms. The van der Waals surface area contributed by atoms with Gasteiger partial charge in [-0.05, 0) is 75.6 Å². The molecule has 3 nitrogen and oxygen atoms in total. The Morgan fingerprint density at radius 1 is 0.944 bits per heavy atom. The highest BCUT2D eigenvalue weighted by molar-refractivity contribution is 5.70. The number of carbonyl (C=O) groups is 1. The number of benzene rings is 2. The molecule has 0 bridgehead atoms. The summed E-state index contributed by atoms with van der Waals surface area (Å²) in [6.07, 6.45) is 16.9. The normalized spacial score (nSPS) is 14.8. The first-order chi connectivity index (χ1) is 17.5. The van der Waals surface area contributed by atoms with Gasteiger partial charge in [0.25, 0.3) is 0 Å². The molecule has 0 heterocycles. The second kappa shape index (κ2) is 17.6. The van der Waals surface area contributed by atoms with Crippen molar-refractivity contribution < 1.29 is 14.6 Å². The maximum Gasteiger partial charge on any atom is 0.306 e. The maximum absolute atomic E-state index is 10.7. The Hall–Kier alpha value is -2.81. The number of allylic oxidation sites excluding steroid dienone is 4. The van der Waals surface area contributed by atoms with Crippen molar-refractivity contribution in [2.24, 2.45) is 5.92 Å². The number of rotatable bonds is 13. The molecule has 0 radical (unpaired) electrons. The van der Waals surface area contributed by atoms with E-state index in [1.54, 1.807) is 0 Å². The van der Waals surface area contributed by atoms with Crippen LogP contribution in [0.15, 0.2) is 77.9 Å². The number of hydrogen-bond donors (Lipinski definition) is 1. The summed E-state index contributed by atoms with van der Waals surface area (Å²) < 4.78 is 5.80. The van der Waals surface area contributed by atoms with Crippen LogP contribution in [0.25, 0.3) is 11.1 Å². The van der Waals surface area contributed by atoms with E-state index in [1.165, 1.54) is 54.4 Å². The fraction of sp³-hybridized carbons (Fsp3) is 0.485. The van der Waals surface area contributed by atoms with Crippen LogP contribution < -0.4 is 4.74 Å². The van der Waals surface area contributed by atoms with Gasteiger partial charge in [-0.2, -0.15) is 0 Å². The third-order valence-electron chi connectivity index (χ3n) is 6.60. The summed E-state index contributed by atoms with van der Waals surface area (Å²) in [5.74, 6) is 0.190. The molecule has 1 aliphatic carbocycles. The molecule has 2 aromatic carbocycles. The van der Waals surface area contributed by atoms with Crippen molar-refractivity contribution in [3.8, 4) is 16.9 Å². The summed E-state index contributed by atoms with van der Waals surface area (Å²) in [6, 6.07) is 18.8. The Kier molecular flexibility index (Phi) is 14.4. The van der Waals surface area contributed by atoms with Crippen LogP contribution in [0.3, 0.4) is 0 Å². The number of ether oxygens (including phenoxy) is 1. The summed E-state index contributed by atoms with van der Waals surface area (Å²) in [5.41, 5.74) is 5.28. The molecule has 196 valence electrons. The lowest BCUT2D eigenvalue weighted by Crippen LogP contribution is -2.15. The summed E-state index contributed by atoms with van der Waals surface area (Å²) >= 11 is 0. The highest BCUT2D eigenvalue weighted by Gasteiger charge is 2.19. The molecule has 0 aromatic heterocycles. The number of aliphatic carboxylic acids is 1. The first kappa shape index (κ1) is 29.4. The third kappa shape index (κ3) is 12.2. The van der Waals surface area contributed by atoms with Crippen molar-refractivity contribution in [3.05, 3.63) is 77.9 Å². The molecule has 0 saturated heterocycles. The minimum atomic E-state index is -0.644. The molecule has 3 rings (SSSR count). The highest BCUT2D eigenvalue weighted by Crippen LogP contribution is 2.26. The van der Waals surface area contributed by atoms with E-state index in [4.69, 9.17) is 9.84 Å². The fourth-order valence-corrected chi connectivity index (χ4v) is 4.33. The van der Waals surface area contributed by atoms with Crippen molar-refractivity contribution in [1.29, 1.82) is 0 Å². The van der Waals surface area contributed by atoms with Gasteiger partial charge in [0, 0.05) is 0 Å². The smallest absolute Gasteiger partial charge is 0.306 e. The maximum atomic E-state index is 10.7. The van der Waals surface area contributed by atoms with Crippen LogP contribution in [0.4, 0.5) is 0 Å². The first-order valence-electron chi connectivity index (χ1n) is 13.8. The van der Waals surface area contributed by atoms with Gasteiger partial charge in [0.1, 0.15) is 5.75 Å². The SMILES string of the molecule is CC(C)=CCCC1=CCC(C(=O)O)CC1.CCCCCCCCOc1ccc(-c2ccccc2)cc1. The van der Waals surface area contributed by atoms with Crippen LogP contribution in [0.1, 0.15) is 91.4 Å². The van der Waals surface area contributed by atoms with E-state index >= 15 is 0 Å². The monoisotopic (exact) mass is 490 g/mol. The predicted octanol–water partition coefficient (Wildman–Crippen LogP) is 9.64. The Morgan fingerprint density at radius 3 is 2.22 bits per heavy atom. The van der Waals surface area contributed by atoms with Crippen molar-refractivity contribution in [2.45, 2.75) is 91.4 Å². The minimum absolute atomic E-state index is 0.141. The second-order valence-electron chi connectivity index (χ2n) is 10.00. The van der Waals surface area contributed by atoms with E-state index in [2.05, 4.69) is 81.5 Å². The Morgan fingerprint density at radius 2 is 1.61 bits per heavy atom. The predicted molar refractivity (Wildman–Crippen MR) is 152 cm³/mol. The fourth-order valence-electron chi connectivity index (χ4n) is 4.33. The highest BCUT2D eigenvalue weighted by atomic mass is 16.5. The van der Waals surface area contributed by atoms with Crippen LogP contribution in [-0.2, 0) is 4.79 Å². The number of hydrogen-bond acceptors (Lipinski definition) is 2. The van der Waals surface area contributed by atoms with E-state index in [0.29, 0.717) is 0 Å². The standard InChI is InChI=1S/C20H26O.C13H20O2/c1-2-3-4-5-6-10-17-21-20-15-13-19(14-16-20)18-11-8-7-9-12-18;1-10(2)4-3-5-11-6-8-12(9-7-11)13(14)15/h7-9,11-16H,2-6,10,17H2,1H3;4,6,12H,3,5,7-9H2,1-2H3,(H,14,15). The minimum Gasteiger partial charge on any atom is -0.494 e. The van der Waals surface area contributed by atoms with Crippen molar-refractivity contribution in [3.63, 3.8) is 0 Å². The van der Waals surface area contributed by atoms with Gasteiger partial charge in [-0.1, -0.05) is 105 Å². The Bertz CT molecular complexity index is 921. The van der Waals surface area contributed by atoms with Crippen LogP contribution >= 0.6 is 0 Å². The van der Waals surface area contributed by atoms with Crippen molar-refractivity contribution in [2.75, 3.05) is 6.61 Å². The summed E-state index contributed by atoms with van der Waals surface area (Å²) in [7, 11) is 0. The zero-order valence-corrected chi connectivity index (χ0v) is 22.7. The van der Waals surface area contributed by atoms with Crippen LogP contribution in [0, 0.1) is 5.92 Å². The molecule has 0 fully saturated rings. The van der Waals surface area contributed by atoms with Gasteiger partial charge < -0.3 is 9.84 Å². The lowest BCUT2D eigenvalue weighted by atomic mass is 9.88. The zero-order valence-electron chi connectivity index (χ0n) is 22.7.